The number of rotatable bonds is 6. The van der Waals surface area contributed by atoms with Crippen LogP contribution in [-0.4, -0.2) is 39.3 Å². The lowest BCUT2D eigenvalue weighted by Gasteiger charge is -2.19. The molecule has 0 spiro atoms. The number of hydrogen-bond acceptors (Lipinski definition) is 4. The second-order valence-electron chi connectivity index (χ2n) is 4.29. The van der Waals surface area contributed by atoms with Crippen molar-refractivity contribution in [2.75, 3.05) is 21.3 Å². The highest BCUT2D eigenvalue weighted by Gasteiger charge is 2.63. The number of carbonyl (C=O) groups excluding carboxylic acids is 1. The largest absolute Gasteiger partial charge is 0.493 e. The molecule has 0 fully saturated rings. The van der Waals surface area contributed by atoms with E-state index >= 15 is 0 Å². The molecule has 0 saturated heterocycles. The first kappa shape index (κ1) is 18.8. The van der Waals surface area contributed by atoms with Crippen LogP contribution >= 0.6 is 0 Å². The number of methoxy groups -OCH3 is 3. The zero-order valence-corrected chi connectivity index (χ0v) is 12.4. The van der Waals surface area contributed by atoms with E-state index in [4.69, 9.17) is 14.2 Å². The van der Waals surface area contributed by atoms with Crippen LogP contribution in [0, 0.1) is 0 Å². The van der Waals surface area contributed by atoms with Crippen molar-refractivity contribution in [3.63, 3.8) is 0 Å². The molecule has 0 aliphatic heterocycles. The molecule has 130 valence electrons. The van der Waals surface area contributed by atoms with Crippen molar-refractivity contribution in [3.05, 3.63) is 17.7 Å². The van der Waals surface area contributed by atoms with Gasteiger partial charge in [0.2, 0.25) is 5.75 Å². The molecule has 1 aromatic carbocycles. The standard InChI is InChI=1S/C13H14F5NO4/c1-21-8-4-7(5-9(22-2)10(8)23-3)6-19-11(20)12(14,15)13(16,17)18/h4-5H,6H2,1-3H3,(H,19,20). The Balaban J connectivity index is 2.97. The number of amides is 1. The van der Waals surface area contributed by atoms with Crippen molar-refractivity contribution >= 4 is 5.91 Å². The molecule has 0 atom stereocenters. The van der Waals surface area contributed by atoms with Gasteiger partial charge in [-0.1, -0.05) is 0 Å². The van der Waals surface area contributed by atoms with Crippen LogP contribution in [-0.2, 0) is 11.3 Å². The van der Waals surface area contributed by atoms with Gasteiger partial charge in [-0.25, -0.2) is 0 Å². The zero-order valence-electron chi connectivity index (χ0n) is 12.4. The van der Waals surface area contributed by atoms with Crippen LogP contribution in [0.2, 0.25) is 0 Å². The second kappa shape index (κ2) is 6.88. The van der Waals surface area contributed by atoms with E-state index in [2.05, 4.69) is 0 Å². The minimum absolute atomic E-state index is 0.165. The Morgan fingerprint density at radius 3 is 1.83 bits per heavy atom. The number of benzene rings is 1. The molecule has 0 heterocycles. The van der Waals surface area contributed by atoms with Crippen LogP contribution in [0.15, 0.2) is 12.1 Å². The second-order valence-corrected chi connectivity index (χ2v) is 4.29. The van der Waals surface area contributed by atoms with E-state index in [0.29, 0.717) is 0 Å². The highest BCUT2D eigenvalue weighted by Crippen LogP contribution is 2.38. The Bertz CT molecular complexity index is 549. The van der Waals surface area contributed by atoms with Gasteiger partial charge in [0, 0.05) is 6.54 Å². The average molecular weight is 343 g/mol. The van der Waals surface area contributed by atoms with Gasteiger partial charge in [-0.2, -0.15) is 22.0 Å². The van der Waals surface area contributed by atoms with E-state index < -0.39 is 24.6 Å². The smallest absolute Gasteiger partial charge is 0.463 e. The van der Waals surface area contributed by atoms with Gasteiger partial charge in [0.15, 0.2) is 11.5 Å². The maximum atomic E-state index is 12.8. The summed E-state index contributed by atoms with van der Waals surface area (Å²) in [6.07, 6.45) is -5.97. The molecule has 0 saturated carbocycles. The summed E-state index contributed by atoms with van der Waals surface area (Å²) in [6.45, 7) is -0.582. The quantitative estimate of drug-likeness (QED) is 0.807. The normalized spacial score (nSPS) is 11.8. The molecule has 0 unspecified atom stereocenters. The van der Waals surface area contributed by atoms with E-state index in [0.717, 1.165) is 0 Å². The van der Waals surface area contributed by atoms with Gasteiger partial charge in [-0.3, -0.25) is 4.79 Å². The summed E-state index contributed by atoms with van der Waals surface area (Å²) < 4.78 is 76.9. The monoisotopic (exact) mass is 343 g/mol. The molecule has 10 heteroatoms. The molecule has 0 aliphatic carbocycles. The van der Waals surface area contributed by atoms with Crippen molar-refractivity contribution in [2.24, 2.45) is 0 Å². The molecule has 0 radical (unpaired) electrons. The van der Waals surface area contributed by atoms with Gasteiger partial charge in [0.25, 0.3) is 0 Å². The zero-order chi connectivity index (χ0) is 17.8. The minimum atomic E-state index is -5.97. The van der Waals surface area contributed by atoms with Crippen molar-refractivity contribution in [3.8, 4) is 17.2 Å². The fourth-order valence-corrected chi connectivity index (χ4v) is 1.66. The van der Waals surface area contributed by atoms with Crippen molar-refractivity contribution in [1.82, 2.24) is 5.32 Å². The van der Waals surface area contributed by atoms with Gasteiger partial charge < -0.3 is 19.5 Å². The van der Waals surface area contributed by atoms with E-state index in [1.807, 2.05) is 0 Å². The van der Waals surface area contributed by atoms with Gasteiger partial charge in [0.1, 0.15) is 0 Å². The van der Waals surface area contributed by atoms with Gasteiger partial charge in [-0.15, -0.1) is 0 Å². The lowest BCUT2D eigenvalue weighted by atomic mass is 10.1. The lowest BCUT2D eigenvalue weighted by Crippen LogP contribution is -2.50. The molecule has 0 bridgehead atoms. The summed E-state index contributed by atoms with van der Waals surface area (Å²) in [5.74, 6) is -7.38. The Morgan fingerprint density at radius 1 is 1.00 bits per heavy atom. The molecule has 23 heavy (non-hydrogen) atoms. The van der Waals surface area contributed by atoms with E-state index in [9.17, 15) is 26.7 Å². The van der Waals surface area contributed by atoms with Crippen LogP contribution in [0.5, 0.6) is 17.2 Å². The van der Waals surface area contributed by atoms with Crippen LogP contribution < -0.4 is 19.5 Å². The molecule has 1 rings (SSSR count). The molecule has 0 aromatic heterocycles. The first-order valence-electron chi connectivity index (χ1n) is 6.10. The molecular weight excluding hydrogens is 329 g/mol. The summed E-state index contributed by atoms with van der Waals surface area (Å²) in [7, 11) is 3.95. The number of ether oxygens (including phenoxy) is 3. The molecule has 5 nitrogen and oxygen atoms in total. The fraction of sp³-hybridized carbons (Fsp3) is 0.462. The van der Waals surface area contributed by atoms with Crippen LogP contribution in [0.4, 0.5) is 22.0 Å². The number of halogens is 5. The predicted octanol–water partition coefficient (Wildman–Crippen LogP) is 2.53. The number of alkyl halides is 5. The number of nitrogens with one attached hydrogen (secondary N) is 1. The molecule has 1 amide bonds. The average Bonchev–Trinajstić information content (AvgIpc) is 2.49. The summed E-state index contributed by atoms with van der Waals surface area (Å²) in [5.41, 5.74) is 0.186. The van der Waals surface area contributed by atoms with E-state index in [1.54, 1.807) is 0 Å². The Labute approximate surface area is 128 Å². The van der Waals surface area contributed by atoms with Crippen molar-refractivity contribution in [2.45, 2.75) is 18.6 Å². The summed E-state index contributed by atoms with van der Waals surface area (Å²) in [6, 6.07) is 2.63. The third-order valence-electron chi connectivity index (χ3n) is 2.82. The Kier molecular flexibility index (Phi) is 5.62. The summed E-state index contributed by atoms with van der Waals surface area (Å²) in [5, 5.41) is 1.53. The van der Waals surface area contributed by atoms with Crippen LogP contribution in [0.1, 0.15) is 5.56 Å². The maximum absolute atomic E-state index is 12.8. The molecule has 1 aromatic rings. The van der Waals surface area contributed by atoms with Gasteiger partial charge in [0.05, 0.1) is 21.3 Å². The first-order chi connectivity index (χ1) is 10.6. The van der Waals surface area contributed by atoms with Crippen LogP contribution in [0.3, 0.4) is 0 Å². The van der Waals surface area contributed by atoms with E-state index in [-0.39, 0.29) is 22.8 Å². The molecule has 0 aliphatic rings. The fourth-order valence-electron chi connectivity index (χ4n) is 1.66. The third kappa shape index (κ3) is 3.93. The highest BCUT2D eigenvalue weighted by atomic mass is 19.4. The van der Waals surface area contributed by atoms with Gasteiger partial charge >= 0.3 is 18.0 Å². The SMILES string of the molecule is COc1cc(CNC(=O)C(F)(F)C(F)(F)F)cc(OC)c1OC. The van der Waals surface area contributed by atoms with Crippen LogP contribution in [0.25, 0.3) is 0 Å². The Hall–Kier alpha value is -2.26. The third-order valence-corrected chi connectivity index (χ3v) is 2.82. The summed E-state index contributed by atoms with van der Waals surface area (Å²) >= 11 is 0. The number of carbonyl (C=O) groups is 1. The highest BCUT2D eigenvalue weighted by molar-refractivity contribution is 5.84. The van der Waals surface area contributed by atoms with E-state index in [1.165, 1.54) is 38.8 Å². The molecule has 1 N–H and O–H groups in total. The first-order valence-corrected chi connectivity index (χ1v) is 6.10. The predicted molar refractivity (Wildman–Crippen MR) is 68.9 cm³/mol. The Morgan fingerprint density at radius 2 is 1.48 bits per heavy atom. The van der Waals surface area contributed by atoms with Crippen molar-refractivity contribution in [1.29, 1.82) is 0 Å². The van der Waals surface area contributed by atoms with Gasteiger partial charge in [-0.05, 0) is 17.7 Å². The molecular formula is C13H14F5NO4. The maximum Gasteiger partial charge on any atom is 0.463 e. The minimum Gasteiger partial charge on any atom is -0.493 e. The summed E-state index contributed by atoms with van der Waals surface area (Å²) in [4.78, 5) is 11.0. The van der Waals surface area contributed by atoms with Crippen molar-refractivity contribution < 1.29 is 41.0 Å². The topological polar surface area (TPSA) is 56.8 Å². The number of hydrogen-bond donors (Lipinski definition) is 1. The lowest BCUT2D eigenvalue weighted by molar-refractivity contribution is -0.269.